The van der Waals surface area contributed by atoms with Crippen molar-refractivity contribution in [2.24, 2.45) is 22.9 Å². The largest absolute Gasteiger partial charge is 0.459 e. The number of hydrogen-bond acceptors (Lipinski definition) is 12. The molecule has 0 aromatic heterocycles. The third-order valence-corrected chi connectivity index (χ3v) is 13.2. The monoisotopic (exact) mass is 919 g/mol. The topological polar surface area (TPSA) is 192 Å². The van der Waals surface area contributed by atoms with Crippen molar-refractivity contribution in [3.05, 3.63) is 88.0 Å². The number of unbranched alkanes of at least 4 members (excludes halogenated alkanes) is 11. The Balaban J connectivity index is 1.56. The van der Waals surface area contributed by atoms with Crippen molar-refractivity contribution in [1.82, 2.24) is 10.2 Å². The minimum atomic E-state index is -1.48. The lowest BCUT2D eigenvalue weighted by molar-refractivity contribution is -0.384. The summed E-state index contributed by atoms with van der Waals surface area (Å²) in [7, 11) is 1.70. The van der Waals surface area contributed by atoms with E-state index in [2.05, 4.69) is 24.9 Å². The average Bonchev–Trinajstić information content (AvgIpc) is 3.31. The Bertz CT molecular complexity index is 1920. The molecule has 1 fully saturated rings. The number of oxime groups is 1. The van der Waals surface area contributed by atoms with Gasteiger partial charge in [-0.2, -0.15) is 0 Å². The second-order valence-electron chi connectivity index (χ2n) is 17.8. The fraction of sp³-hybridized carbons (Fsp3) is 0.627. The number of nitrogens with zero attached hydrogens (tertiary/aromatic N) is 3. The molecule has 364 valence electrons. The summed E-state index contributed by atoms with van der Waals surface area (Å²) in [6.07, 6.45) is 18.7. The molecule has 0 spiro atoms. The fourth-order valence-corrected chi connectivity index (χ4v) is 9.96. The number of aliphatic hydroxyl groups is 2. The summed E-state index contributed by atoms with van der Waals surface area (Å²) >= 11 is 0. The fourth-order valence-electron chi connectivity index (χ4n) is 9.96. The number of nitrogens with one attached hydrogen (secondary N) is 1. The van der Waals surface area contributed by atoms with Crippen LogP contribution in [-0.4, -0.2) is 89.8 Å². The number of rotatable bonds is 29. The third kappa shape index (κ3) is 13.8. The van der Waals surface area contributed by atoms with Gasteiger partial charge in [-0.15, -0.1) is 6.58 Å². The van der Waals surface area contributed by atoms with Gasteiger partial charge in [0.25, 0.3) is 5.69 Å². The van der Waals surface area contributed by atoms with Crippen LogP contribution >= 0.6 is 0 Å². The summed E-state index contributed by atoms with van der Waals surface area (Å²) in [6.45, 7) is 8.93. The van der Waals surface area contributed by atoms with E-state index < -0.39 is 34.9 Å². The quantitative estimate of drug-likeness (QED) is 0.0304. The molecule has 15 heteroatoms. The highest BCUT2D eigenvalue weighted by Gasteiger charge is 2.65. The van der Waals surface area contributed by atoms with E-state index in [1.807, 2.05) is 13.0 Å². The van der Waals surface area contributed by atoms with Crippen LogP contribution in [0.3, 0.4) is 0 Å². The summed E-state index contributed by atoms with van der Waals surface area (Å²) < 4.78 is 25.9. The van der Waals surface area contributed by atoms with E-state index in [9.17, 15) is 29.9 Å². The minimum Gasteiger partial charge on any atom is -0.459 e. The molecule has 0 bridgehead atoms. The number of carbonyl (C=O) groups is 2. The molecule has 3 N–H and O–H groups in total. The van der Waals surface area contributed by atoms with Crippen molar-refractivity contribution in [3.8, 4) is 11.5 Å². The van der Waals surface area contributed by atoms with Crippen molar-refractivity contribution in [3.63, 3.8) is 0 Å². The van der Waals surface area contributed by atoms with Crippen molar-refractivity contribution >= 4 is 23.6 Å². The maximum atomic E-state index is 14.2. The number of hydrogen-bond donors (Lipinski definition) is 3. The molecular formula is C51H74N4O11. The van der Waals surface area contributed by atoms with Crippen molar-refractivity contribution < 1.29 is 48.5 Å². The lowest BCUT2D eigenvalue weighted by Gasteiger charge is -2.59. The number of nitro benzene ring substituents is 1. The van der Waals surface area contributed by atoms with Gasteiger partial charge in [0.15, 0.2) is 0 Å². The highest BCUT2D eigenvalue weighted by Crippen LogP contribution is 2.62. The highest BCUT2D eigenvalue weighted by molar-refractivity contribution is 6.03. The number of amides is 2. The Kier molecular flexibility index (Phi) is 21.2. The number of fused-ring (bicyclic) bond motifs is 2. The molecule has 6 atom stereocenters. The molecule has 1 saturated carbocycles. The Hall–Kier alpha value is -4.99. The molecule has 0 saturated heterocycles. The maximum Gasteiger partial charge on any atom is 0.412 e. The molecule has 15 nitrogen and oxygen atoms in total. The van der Waals surface area contributed by atoms with E-state index in [1.165, 1.54) is 57.1 Å². The number of benzene rings is 2. The van der Waals surface area contributed by atoms with Crippen LogP contribution in [0.25, 0.3) is 0 Å². The Morgan fingerprint density at radius 1 is 0.955 bits per heavy atom. The molecule has 2 amide bonds. The summed E-state index contributed by atoms with van der Waals surface area (Å²) in [4.78, 5) is 45.5. The smallest absolute Gasteiger partial charge is 0.412 e. The van der Waals surface area contributed by atoms with Gasteiger partial charge < -0.3 is 44.2 Å². The molecule has 0 radical (unpaired) electrons. The molecule has 1 aliphatic heterocycles. The van der Waals surface area contributed by atoms with Crippen molar-refractivity contribution in [2.75, 3.05) is 40.0 Å². The first-order valence-corrected chi connectivity index (χ1v) is 24.4. The maximum absolute atomic E-state index is 14.2. The zero-order valence-electron chi connectivity index (χ0n) is 39.5. The van der Waals surface area contributed by atoms with Crippen LogP contribution in [0.1, 0.15) is 140 Å². The molecule has 66 heavy (non-hydrogen) atoms. The number of non-ortho nitro benzene ring substituents is 1. The molecule has 6 unspecified atom stereocenters. The number of ether oxygens (including phenoxy) is 4. The molecule has 3 aliphatic rings. The zero-order chi connectivity index (χ0) is 47.3. The van der Waals surface area contributed by atoms with E-state index in [-0.39, 0.29) is 62.9 Å². The molecule has 5 rings (SSSR count). The van der Waals surface area contributed by atoms with Gasteiger partial charge in [-0.3, -0.25) is 10.1 Å². The molecule has 1 heterocycles. The van der Waals surface area contributed by atoms with Gasteiger partial charge in [-0.25, -0.2) is 9.59 Å². The van der Waals surface area contributed by atoms with Crippen LogP contribution in [0, 0.1) is 27.9 Å². The normalized spacial score (nSPS) is 22.3. The van der Waals surface area contributed by atoms with Crippen molar-refractivity contribution in [2.45, 2.75) is 147 Å². The molecular weight excluding hydrogens is 845 g/mol. The van der Waals surface area contributed by atoms with Gasteiger partial charge in [-0.1, -0.05) is 94.9 Å². The Labute approximate surface area is 391 Å². The van der Waals surface area contributed by atoms with E-state index in [0.717, 1.165) is 56.1 Å². The highest BCUT2D eigenvalue weighted by atomic mass is 16.7. The van der Waals surface area contributed by atoms with Gasteiger partial charge in [0.1, 0.15) is 24.1 Å². The van der Waals surface area contributed by atoms with Gasteiger partial charge >= 0.3 is 12.2 Å². The molecule has 2 aromatic rings. The third-order valence-electron chi connectivity index (χ3n) is 13.2. The number of nitro groups is 1. The van der Waals surface area contributed by atoms with Crippen LogP contribution in [0.2, 0.25) is 0 Å². The first-order chi connectivity index (χ1) is 32.1. The van der Waals surface area contributed by atoms with Crippen LogP contribution in [0.15, 0.2) is 71.9 Å². The van der Waals surface area contributed by atoms with Gasteiger partial charge in [-0.05, 0) is 92.3 Å². The number of carbonyl (C=O) groups excluding carboxylic acids is 2. The zero-order valence-corrected chi connectivity index (χ0v) is 39.5. The lowest BCUT2D eigenvalue weighted by Crippen LogP contribution is -2.69. The second kappa shape index (κ2) is 27.0. The van der Waals surface area contributed by atoms with Crippen LogP contribution in [0.5, 0.6) is 11.5 Å². The summed E-state index contributed by atoms with van der Waals surface area (Å²) in [5, 5.41) is 38.6. The van der Waals surface area contributed by atoms with E-state index in [0.29, 0.717) is 42.2 Å². The first-order valence-electron chi connectivity index (χ1n) is 24.4. The van der Waals surface area contributed by atoms with Gasteiger partial charge in [0.2, 0.25) is 5.79 Å². The summed E-state index contributed by atoms with van der Waals surface area (Å²) in [6, 6.07) is 10.7. The predicted octanol–water partition coefficient (Wildman–Crippen LogP) is 10.5. The Morgan fingerprint density at radius 2 is 1.64 bits per heavy atom. The standard InChI is InChI=1S/C51H74N4O11/c1-5-8-9-10-11-12-13-14-15-20-32-62-50(59)54(4)46-35-44(53-64-36-37-23-25-39(26-24-37)55(60)61)42-33-38(21-16-18-29-56)41(22-17-19-30-57)47-43-34-40(65-49(58)52-7-3)27-28-45(43)66-51(46,48(42)47)63-31-6-2/h6,23-28,33-34,38,41,46-48,56-57H,2,5,7-22,29-32,35-36H2,1,3-4H3,(H,52,58). The second-order valence-corrected chi connectivity index (χ2v) is 17.8. The van der Waals surface area contributed by atoms with E-state index >= 15 is 0 Å². The van der Waals surface area contributed by atoms with Crippen LogP contribution < -0.4 is 14.8 Å². The lowest BCUT2D eigenvalue weighted by atomic mass is 9.55. The Morgan fingerprint density at radius 3 is 2.29 bits per heavy atom. The predicted molar refractivity (Wildman–Crippen MR) is 253 cm³/mol. The minimum absolute atomic E-state index is 0.0114. The SMILES string of the molecule is C=CCOC12Oc3ccc(OC(=O)NCC)cc3C3C(CCCCO)C(CCCCO)C=C(C(=NOCc4ccc([N+](=O)[O-])cc4)CC1N(C)C(=O)OCCCCCCCCCCCC)C32. The number of aliphatic hydroxyl groups excluding tert-OH is 2. The molecule has 2 aromatic carbocycles. The summed E-state index contributed by atoms with van der Waals surface area (Å²) in [5.74, 6) is -1.56. The van der Waals surface area contributed by atoms with Gasteiger partial charge in [0.05, 0.1) is 29.8 Å². The number of allylic oxidation sites excluding steroid dienone is 1. The molecule has 2 aliphatic carbocycles. The van der Waals surface area contributed by atoms with E-state index in [1.54, 1.807) is 42.3 Å². The van der Waals surface area contributed by atoms with Crippen molar-refractivity contribution in [1.29, 1.82) is 0 Å². The first kappa shape index (κ1) is 52.0. The van der Waals surface area contributed by atoms with Crippen LogP contribution in [0.4, 0.5) is 15.3 Å². The average molecular weight is 919 g/mol. The summed E-state index contributed by atoms with van der Waals surface area (Å²) in [5.41, 5.74) is 2.89. The number of likely N-dealkylation sites (N-methyl/N-ethyl adjacent to an activating group) is 1. The van der Waals surface area contributed by atoms with Gasteiger partial charge in [0, 0.05) is 56.8 Å². The van der Waals surface area contributed by atoms with E-state index in [4.69, 9.17) is 28.9 Å². The van der Waals surface area contributed by atoms with Crippen LogP contribution in [-0.2, 0) is 20.9 Å².